The van der Waals surface area contributed by atoms with Crippen molar-refractivity contribution >= 4 is 7.37 Å². The molecule has 0 saturated heterocycles. The van der Waals surface area contributed by atoms with E-state index in [9.17, 15) is 4.57 Å². The monoisotopic (exact) mass is 184 g/mol. The molecular weight excluding hydrogens is 171 g/mol. The fourth-order valence-corrected chi connectivity index (χ4v) is 2.18. The van der Waals surface area contributed by atoms with Crippen LogP contribution in [0, 0.1) is 12.3 Å². The molecule has 0 unspecified atom stereocenters. The lowest BCUT2D eigenvalue weighted by molar-refractivity contribution is 0.363. The molecule has 0 aliphatic rings. The van der Waals surface area contributed by atoms with Crippen LogP contribution in [-0.2, 0) is 9.09 Å². The van der Waals surface area contributed by atoms with Gasteiger partial charge in [-0.15, -0.1) is 19.6 Å². The molecule has 0 atom stereocenters. The van der Waals surface area contributed by atoms with Gasteiger partial charge in [0.1, 0.15) is 6.61 Å². The second-order valence-electron chi connectivity index (χ2n) is 2.23. The van der Waals surface area contributed by atoms with Crippen molar-refractivity contribution in [2.45, 2.75) is 0 Å². The highest BCUT2D eigenvalue weighted by Gasteiger charge is 2.18. The van der Waals surface area contributed by atoms with Crippen molar-refractivity contribution in [3.63, 3.8) is 0 Å². The largest absolute Gasteiger partial charge is 0.315 e. The maximum atomic E-state index is 11.7. The Morgan fingerprint density at radius 3 is 2.25 bits per heavy atom. The van der Waals surface area contributed by atoms with E-state index in [1.807, 2.05) is 0 Å². The molecule has 66 valence electrons. The van der Waals surface area contributed by atoms with E-state index in [1.165, 1.54) is 0 Å². The van der Waals surface area contributed by atoms with Gasteiger partial charge in [-0.1, -0.05) is 18.1 Å². The Morgan fingerprint density at radius 1 is 1.42 bits per heavy atom. The summed E-state index contributed by atoms with van der Waals surface area (Å²) in [5, 5.41) is 0. The first-order chi connectivity index (χ1) is 5.68. The van der Waals surface area contributed by atoms with E-state index in [0.717, 1.165) is 0 Å². The van der Waals surface area contributed by atoms with Crippen molar-refractivity contribution in [3.05, 3.63) is 25.3 Å². The summed E-state index contributed by atoms with van der Waals surface area (Å²) in [7, 11) is -2.61. The van der Waals surface area contributed by atoms with E-state index < -0.39 is 7.37 Å². The molecule has 0 radical (unpaired) electrons. The van der Waals surface area contributed by atoms with Crippen LogP contribution in [0.15, 0.2) is 25.3 Å². The Labute approximate surface area is 73.8 Å². The van der Waals surface area contributed by atoms with Gasteiger partial charge in [-0.3, -0.25) is 4.57 Å². The van der Waals surface area contributed by atoms with Gasteiger partial charge < -0.3 is 4.52 Å². The predicted octanol–water partition coefficient (Wildman–Crippen LogP) is 2.29. The first kappa shape index (κ1) is 11.2. The summed E-state index contributed by atoms with van der Waals surface area (Å²) in [6, 6.07) is 0. The number of hydrogen-bond donors (Lipinski definition) is 0. The van der Waals surface area contributed by atoms with Crippen LogP contribution in [0.1, 0.15) is 0 Å². The topological polar surface area (TPSA) is 26.3 Å². The Morgan fingerprint density at radius 2 is 1.92 bits per heavy atom. The second kappa shape index (κ2) is 5.83. The molecule has 12 heavy (non-hydrogen) atoms. The van der Waals surface area contributed by atoms with Crippen LogP contribution in [0.25, 0.3) is 0 Å². The van der Waals surface area contributed by atoms with Gasteiger partial charge in [-0.25, -0.2) is 0 Å². The van der Waals surface area contributed by atoms with E-state index in [2.05, 4.69) is 19.1 Å². The SMILES string of the molecule is C#CCOP(=O)(CC=C)CC=C. The molecule has 0 aromatic rings. The molecule has 0 amide bonds. The molecule has 3 heteroatoms. The van der Waals surface area contributed by atoms with Gasteiger partial charge >= 0.3 is 0 Å². The highest BCUT2D eigenvalue weighted by Crippen LogP contribution is 2.46. The highest BCUT2D eigenvalue weighted by molar-refractivity contribution is 7.59. The van der Waals surface area contributed by atoms with Crippen LogP contribution in [0.5, 0.6) is 0 Å². The average molecular weight is 184 g/mol. The molecule has 0 N–H and O–H groups in total. The summed E-state index contributed by atoms with van der Waals surface area (Å²) in [6.45, 7) is 7.08. The van der Waals surface area contributed by atoms with Crippen molar-refractivity contribution < 1.29 is 9.09 Å². The van der Waals surface area contributed by atoms with Gasteiger partial charge in [-0.2, -0.15) is 0 Å². The van der Waals surface area contributed by atoms with Gasteiger partial charge in [0, 0.05) is 12.3 Å². The molecule has 0 heterocycles. The minimum absolute atomic E-state index is 0.0823. The van der Waals surface area contributed by atoms with Gasteiger partial charge in [0.25, 0.3) is 0 Å². The van der Waals surface area contributed by atoms with E-state index in [4.69, 9.17) is 10.9 Å². The maximum absolute atomic E-state index is 11.7. The summed E-state index contributed by atoms with van der Waals surface area (Å²) in [4.78, 5) is 0. The van der Waals surface area contributed by atoms with Crippen LogP contribution in [0.4, 0.5) is 0 Å². The molecule has 0 saturated carbocycles. The average Bonchev–Trinajstić information content (AvgIpc) is 2.02. The second-order valence-corrected chi connectivity index (χ2v) is 4.85. The molecule has 0 aliphatic heterocycles. The predicted molar refractivity (Wildman–Crippen MR) is 52.5 cm³/mol. The first-order valence-corrected chi connectivity index (χ1v) is 5.56. The Bertz CT molecular complexity index is 223. The smallest absolute Gasteiger partial charge is 0.211 e. The third-order valence-corrected chi connectivity index (χ3v) is 3.43. The number of terminal acetylenes is 1. The Balaban J connectivity index is 4.19. The molecule has 0 fully saturated rings. The molecule has 0 aromatic carbocycles. The Hall–Kier alpha value is -0.770. The maximum Gasteiger partial charge on any atom is 0.211 e. The van der Waals surface area contributed by atoms with E-state index in [1.54, 1.807) is 12.2 Å². The van der Waals surface area contributed by atoms with Gasteiger partial charge in [0.15, 0.2) is 0 Å². The third-order valence-electron chi connectivity index (χ3n) is 1.20. The number of allylic oxidation sites excluding steroid dienone is 2. The number of hydrogen-bond acceptors (Lipinski definition) is 2. The lowest BCUT2D eigenvalue weighted by atomic mass is 10.8. The molecule has 2 nitrogen and oxygen atoms in total. The number of rotatable bonds is 6. The van der Waals surface area contributed by atoms with E-state index in [-0.39, 0.29) is 6.61 Å². The van der Waals surface area contributed by atoms with Crippen LogP contribution >= 0.6 is 7.37 Å². The summed E-state index contributed by atoms with van der Waals surface area (Å²) in [6.07, 6.45) is 8.82. The molecule has 0 rings (SSSR count). The van der Waals surface area contributed by atoms with Crippen LogP contribution in [0.3, 0.4) is 0 Å². The van der Waals surface area contributed by atoms with Crippen molar-refractivity contribution in [2.75, 3.05) is 18.9 Å². The standard InChI is InChI=1S/C9H13O2P/c1-4-7-11-12(10,8-5-2)9-6-3/h1,5-6H,2-3,7-9H2. The minimum atomic E-state index is -2.61. The zero-order chi connectivity index (χ0) is 9.45. The highest BCUT2D eigenvalue weighted by atomic mass is 31.2. The van der Waals surface area contributed by atoms with Crippen molar-refractivity contribution in [2.24, 2.45) is 0 Å². The molecule has 0 aliphatic carbocycles. The summed E-state index contributed by atoms with van der Waals surface area (Å²) >= 11 is 0. The minimum Gasteiger partial charge on any atom is -0.315 e. The summed E-state index contributed by atoms with van der Waals surface area (Å²) < 4.78 is 16.7. The van der Waals surface area contributed by atoms with E-state index in [0.29, 0.717) is 12.3 Å². The van der Waals surface area contributed by atoms with Gasteiger partial charge in [0.05, 0.1) is 0 Å². The lowest BCUT2D eigenvalue weighted by Gasteiger charge is -2.12. The van der Waals surface area contributed by atoms with Crippen LogP contribution < -0.4 is 0 Å². The molecular formula is C9H13O2P. The van der Waals surface area contributed by atoms with Crippen LogP contribution in [-0.4, -0.2) is 18.9 Å². The van der Waals surface area contributed by atoms with Crippen molar-refractivity contribution in [3.8, 4) is 12.3 Å². The molecule has 0 spiro atoms. The summed E-state index contributed by atoms with van der Waals surface area (Å²) in [5.41, 5.74) is 0. The van der Waals surface area contributed by atoms with E-state index >= 15 is 0 Å². The summed E-state index contributed by atoms with van der Waals surface area (Å²) in [5.74, 6) is 2.28. The fourth-order valence-electron chi connectivity index (χ4n) is 0.728. The Kier molecular flexibility index (Phi) is 5.45. The quantitative estimate of drug-likeness (QED) is 0.359. The molecule has 0 bridgehead atoms. The van der Waals surface area contributed by atoms with Crippen molar-refractivity contribution in [1.29, 1.82) is 0 Å². The third kappa shape index (κ3) is 4.18. The van der Waals surface area contributed by atoms with Gasteiger partial charge in [0.2, 0.25) is 7.37 Å². The zero-order valence-corrected chi connectivity index (χ0v) is 7.93. The lowest BCUT2D eigenvalue weighted by Crippen LogP contribution is -1.97. The van der Waals surface area contributed by atoms with Crippen molar-refractivity contribution in [1.82, 2.24) is 0 Å². The van der Waals surface area contributed by atoms with Crippen LogP contribution in [0.2, 0.25) is 0 Å². The fraction of sp³-hybridized carbons (Fsp3) is 0.333. The molecule has 0 aromatic heterocycles. The zero-order valence-electron chi connectivity index (χ0n) is 7.03. The first-order valence-electron chi connectivity index (χ1n) is 3.56. The van der Waals surface area contributed by atoms with Gasteiger partial charge in [-0.05, 0) is 0 Å². The normalized spacial score (nSPS) is 10.2.